The van der Waals surface area contributed by atoms with Crippen molar-refractivity contribution in [3.8, 4) is 0 Å². The number of nitrogens with zero attached hydrogens (tertiary/aromatic N) is 3. The highest BCUT2D eigenvalue weighted by Gasteiger charge is 2.33. The molecule has 166 valence electrons. The monoisotopic (exact) mass is 558 g/mol. The maximum Gasteiger partial charge on any atom is 0.434 e. The van der Waals surface area contributed by atoms with Crippen molar-refractivity contribution in [2.45, 2.75) is 19.5 Å². The number of nitrogens with one attached hydrogen (secondary N) is 3. The molecule has 0 amide bonds. The Labute approximate surface area is 192 Å². The highest BCUT2D eigenvalue weighted by molar-refractivity contribution is 14.0. The molecule has 3 N–H and O–H groups in total. The number of rotatable bonds is 9. The summed E-state index contributed by atoms with van der Waals surface area (Å²) in [4.78, 5) is 18.4. The lowest BCUT2D eigenvalue weighted by Gasteiger charge is -2.12. The van der Waals surface area contributed by atoms with Crippen LogP contribution in [0.2, 0.25) is 0 Å². The van der Waals surface area contributed by atoms with Gasteiger partial charge in [-0.2, -0.15) is 13.2 Å². The van der Waals surface area contributed by atoms with Crippen LogP contribution < -0.4 is 16.0 Å². The summed E-state index contributed by atoms with van der Waals surface area (Å²) in [5.74, 6) is 0.504. The molecule has 2 rings (SSSR count). The number of nitro groups is 1. The van der Waals surface area contributed by atoms with Crippen LogP contribution in [0.25, 0.3) is 0 Å². The molecule has 0 aliphatic carbocycles. The third kappa shape index (κ3) is 8.30. The Bertz CT molecular complexity index is 847. The van der Waals surface area contributed by atoms with E-state index in [1.165, 1.54) is 6.07 Å². The molecule has 0 fully saturated rings. The Morgan fingerprint density at radius 2 is 2.00 bits per heavy atom. The normalized spacial score (nSPS) is 11.5. The van der Waals surface area contributed by atoms with Gasteiger partial charge in [0.1, 0.15) is 5.69 Å². The standard InChI is InChI=1S/C17H21F3N6O2S.HI/c1-2-21-16(23-8-7-15-25-14(11-29-15)17(18,19)20)24-10-9-22-12-5-3-4-6-13(12)26(27)28;/h3-6,11,22H,2,7-10H2,1H3,(H2,21,23,24);1H. The van der Waals surface area contributed by atoms with E-state index < -0.39 is 16.8 Å². The lowest BCUT2D eigenvalue weighted by molar-refractivity contribution is -0.384. The van der Waals surface area contributed by atoms with Gasteiger partial charge in [-0.05, 0) is 13.0 Å². The fourth-order valence-electron chi connectivity index (χ4n) is 2.32. The molecule has 1 heterocycles. The number of para-hydroxylation sites is 2. The van der Waals surface area contributed by atoms with Gasteiger partial charge in [0.2, 0.25) is 0 Å². The van der Waals surface area contributed by atoms with Crippen LogP contribution in [-0.2, 0) is 12.6 Å². The molecule has 0 spiro atoms. The smallest absolute Gasteiger partial charge is 0.378 e. The van der Waals surface area contributed by atoms with E-state index in [1.807, 2.05) is 6.92 Å². The van der Waals surface area contributed by atoms with E-state index in [4.69, 9.17) is 0 Å². The first kappa shape index (κ1) is 25.9. The summed E-state index contributed by atoms with van der Waals surface area (Å²) in [6.45, 7) is 3.62. The summed E-state index contributed by atoms with van der Waals surface area (Å²) >= 11 is 0.958. The van der Waals surface area contributed by atoms with Crippen LogP contribution in [0, 0.1) is 10.1 Å². The average molecular weight is 558 g/mol. The molecular weight excluding hydrogens is 536 g/mol. The predicted molar refractivity (Wildman–Crippen MR) is 122 cm³/mol. The van der Waals surface area contributed by atoms with E-state index in [0.29, 0.717) is 42.7 Å². The number of aliphatic imine (C=N–C) groups is 1. The van der Waals surface area contributed by atoms with E-state index in [-0.39, 0.29) is 36.2 Å². The van der Waals surface area contributed by atoms with Crippen molar-refractivity contribution in [3.05, 3.63) is 50.5 Å². The number of thiazole rings is 1. The number of benzene rings is 1. The van der Waals surface area contributed by atoms with Crippen LogP contribution >= 0.6 is 35.3 Å². The molecule has 0 bridgehead atoms. The Kier molecular flexibility index (Phi) is 10.8. The van der Waals surface area contributed by atoms with Crippen LogP contribution in [0.4, 0.5) is 24.5 Å². The van der Waals surface area contributed by atoms with Gasteiger partial charge in [0.05, 0.1) is 9.93 Å². The number of aromatic nitrogens is 1. The Balaban J connectivity index is 0.00000450. The zero-order valence-corrected chi connectivity index (χ0v) is 19.2. The second-order valence-corrected chi connectivity index (χ2v) is 6.71. The molecule has 8 nitrogen and oxygen atoms in total. The molecule has 0 aliphatic heterocycles. The minimum Gasteiger partial charge on any atom is -0.378 e. The number of nitro benzene ring substituents is 1. The van der Waals surface area contributed by atoms with Crippen LogP contribution in [0.5, 0.6) is 0 Å². The van der Waals surface area contributed by atoms with E-state index in [0.717, 1.165) is 16.7 Å². The lowest BCUT2D eigenvalue weighted by Crippen LogP contribution is -2.39. The summed E-state index contributed by atoms with van der Waals surface area (Å²) in [6, 6.07) is 6.35. The molecule has 0 aliphatic rings. The van der Waals surface area contributed by atoms with Crippen molar-refractivity contribution in [1.29, 1.82) is 0 Å². The third-order valence-electron chi connectivity index (χ3n) is 3.62. The second-order valence-electron chi connectivity index (χ2n) is 5.76. The summed E-state index contributed by atoms with van der Waals surface area (Å²) < 4.78 is 37.7. The molecule has 0 saturated heterocycles. The van der Waals surface area contributed by atoms with Gasteiger partial charge in [-0.15, -0.1) is 35.3 Å². The minimum atomic E-state index is -4.44. The number of guanidine groups is 1. The molecule has 30 heavy (non-hydrogen) atoms. The van der Waals surface area contributed by atoms with Crippen molar-refractivity contribution < 1.29 is 18.1 Å². The highest BCUT2D eigenvalue weighted by atomic mass is 127. The molecule has 13 heteroatoms. The summed E-state index contributed by atoms with van der Waals surface area (Å²) in [7, 11) is 0. The first-order chi connectivity index (χ1) is 13.8. The summed E-state index contributed by atoms with van der Waals surface area (Å²) in [6.07, 6.45) is -4.14. The van der Waals surface area contributed by atoms with Crippen molar-refractivity contribution in [1.82, 2.24) is 15.6 Å². The second kappa shape index (κ2) is 12.5. The third-order valence-corrected chi connectivity index (χ3v) is 4.52. The Morgan fingerprint density at radius 1 is 1.27 bits per heavy atom. The molecule has 1 aromatic heterocycles. The van der Waals surface area contributed by atoms with Gasteiger partial charge in [0.25, 0.3) is 5.69 Å². The van der Waals surface area contributed by atoms with E-state index in [9.17, 15) is 23.3 Å². The molecule has 0 radical (unpaired) electrons. The molecule has 0 saturated carbocycles. The minimum absolute atomic E-state index is 0. The van der Waals surface area contributed by atoms with Gasteiger partial charge in [0, 0.05) is 44.0 Å². The van der Waals surface area contributed by atoms with Gasteiger partial charge in [0.15, 0.2) is 11.7 Å². The quantitative estimate of drug-likeness (QED) is 0.108. The maximum absolute atomic E-state index is 12.6. The number of hydrogen-bond donors (Lipinski definition) is 3. The molecule has 0 unspecified atom stereocenters. The highest BCUT2D eigenvalue weighted by Crippen LogP contribution is 2.30. The van der Waals surface area contributed by atoms with Gasteiger partial charge >= 0.3 is 6.18 Å². The van der Waals surface area contributed by atoms with Gasteiger partial charge in [-0.1, -0.05) is 12.1 Å². The zero-order chi connectivity index (χ0) is 21.3. The first-order valence-electron chi connectivity index (χ1n) is 8.82. The van der Waals surface area contributed by atoms with Gasteiger partial charge in [-0.3, -0.25) is 15.1 Å². The molecule has 0 atom stereocenters. The van der Waals surface area contributed by atoms with E-state index in [1.54, 1.807) is 18.2 Å². The first-order valence-corrected chi connectivity index (χ1v) is 9.70. The van der Waals surface area contributed by atoms with Crippen molar-refractivity contribution in [3.63, 3.8) is 0 Å². The zero-order valence-electron chi connectivity index (χ0n) is 16.0. The fourth-order valence-corrected chi connectivity index (χ4v) is 3.12. The van der Waals surface area contributed by atoms with E-state index >= 15 is 0 Å². The largest absolute Gasteiger partial charge is 0.434 e. The van der Waals surface area contributed by atoms with Gasteiger partial charge < -0.3 is 16.0 Å². The van der Waals surface area contributed by atoms with Gasteiger partial charge in [-0.25, -0.2) is 4.98 Å². The number of hydrogen-bond acceptors (Lipinski definition) is 6. The van der Waals surface area contributed by atoms with Crippen molar-refractivity contribution in [2.75, 3.05) is 31.5 Å². The topological polar surface area (TPSA) is 104 Å². The lowest BCUT2D eigenvalue weighted by atomic mass is 10.2. The number of halogens is 4. The molecular formula is C17H22F3IN6O2S. The Morgan fingerprint density at radius 3 is 2.63 bits per heavy atom. The average Bonchev–Trinajstić information content (AvgIpc) is 3.15. The SMILES string of the molecule is CCNC(=NCCc1nc(C(F)(F)F)cs1)NCCNc1ccccc1[N+](=O)[O-].I. The molecule has 1 aromatic carbocycles. The number of anilines is 1. The fraction of sp³-hybridized carbons (Fsp3) is 0.412. The number of alkyl halides is 3. The van der Waals surface area contributed by atoms with Crippen molar-refractivity contribution in [2.24, 2.45) is 4.99 Å². The van der Waals surface area contributed by atoms with E-state index in [2.05, 4.69) is 25.9 Å². The summed E-state index contributed by atoms with van der Waals surface area (Å²) in [5.41, 5.74) is -0.465. The van der Waals surface area contributed by atoms with Crippen LogP contribution in [0.3, 0.4) is 0 Å². The van der Waals surface area contributed by atoms with Crippen LogP contribution in [0.1, 0.15) is 17.6 Å². The van der Waals surface area contributed by atoms with Crippen LogP contribution in [0.15, 0.2) is 34.6 Å². The van der Waals surface area contributed by atoms with Crippen LogP contribution in [-0.4, -0.2) is 42.0 Å². The predicted octanol–water partition coefficient (Wildman–Crippen LogP) is 3.90. The summed E-state index contributed by atoms with van der Waals surface area (Å²) in [5, 5.41) is 21.4. The van der Waals surface area contributed by atoms with Crippen molar-refractivity contribution >= 4 is 52.6 Å². The maximum atomic E-state index is 12.6. The molecule has 2 aromatic rings. The Hall–Kier alpha value is -2.16.